The van der Waals surface area contributed by atoms with Gasteiger partial charge in [-0.3, -0.25) is 0 Å². The predicted molar refractivity (Wildman–Crippen MR) is 58.5 cm³/mol. The van der Waals surface area contributed by atoms with E-state index < -0.39 is 0 Å². The lowest BCUT2D eigenvalue weighted by Crippen LogP contribution is -1.89. The highest BCUT2D eigenvalue weighted by Crippen LogP contribution is 2.28. The summed E-state index contributed by atoms with van der Waals surface area (Å²) in [6.07, 6.45) is 5.36. The number of rotatable bonds is 4. The molecule has 1 aromatic carbocycles. The molecule has 0 aromatic heterocycles. The normalized spacial score (nSPS) is 10.1. The third kappa shape index (κ3) is 2.39. The molecule has 0 bridgehead atoms. The van der Waals surface area contributed by atoms with Crippen LogP contribution >= 0.6 is 0 Å². The van der Waals surface area contributed by atoms with E-state index in [0.717, 1.165) is 5.56 Å². The fraction of sp³-hybridized carbons (Fsp3) is 0.167. The van der Waals surface area contributed by atoms with Gasteiger partial charge >= 0.3 is 0 Å². The van der Waals surface area contributed by atoms with Crippen molar-refractivity contribution in [3.63, 3.8) is 0 Å². The van der Waals surface area contributed by atoms with E-state index in [1.54, 1.807) is 7.11 Å². The van der Waals surface area contributed by atoms with Gasteiger partial charge in [-0.2, -0.15) is 0 Å². The first-order chi connectivity index (χ1) is 6.81. The minimum Gasteiger partial charge on any atom is -0.493 e. The van der Waals surface area contributed by atoms with E-state index in [-0.39, 0.29) is 0 Å². The average Bonchev–Trinajstić information content (AvgIpc) is 2.21. The first-order valence-electron chi connectivity index (χ1n) is 4.40. The summed E-state index contributed by atoms with van der Waals surface area (Å²) in [5.74, 6) is 1.39. The van der Waals surface area contributed by atoms with E-state index in [9.17, 15) is 0 Å². The lowest BCUT2D eigenvalue weighted by molar-refractivity contribution is 0.378. The molecule has 0 N–H and O–H groups in total. The molecular formula is C12H14O2. The molecule has 0 heterocycles. The van der Waals surface area contributed by atoms with E-state index in [2.05, 4.69) is 6.58 Å². The zero-order chi connectivity index (χ0) is 10.4. The van der Waals surface area contributed by atoms with Gasteiger partial charge in [0.1, 0.15) is 0 Å². The van der Waals surface area contributed by atoms with Gasteiger partial charge in [0.25, 0.3) is 0 Å². The van der Waals surface area contributed by atoms with Crippen LogP contribution in [0.15, 0.2) is 37.1 Å². The molecule has 0 saturated carbocycles. The Morgan fingerprint density at radius 1 is 1.29 bits per heavy atom. The molecule has 0 fully saturated rings. The number of methoxy groups -OCH3 is 1. The topological polar surface area (TPSA) is 18.5 Å². The monoisotopic (exact) mass is 190 g/mol. The van der Waals surface area contributed by atoms with Crippen molar-refractivity contribution in [2.75, 3.05) is 7.11 Å². The number of benzene rings is 1. The molecule has 0 aliphatic carbocycles. The van der Waals surface area contributed by atoms with Crippen LogP contribution in [0.1, 0.15) is 12.5 Å². The molecule has 1 rings (SSSR count). The Balaban J connectivity index is 3.04. The van der Waals surface area contributed by atoms with Crippen LogP contribution < -0.4 is 9.47 Å². The summed E-state index contributed by atoms with van der Waals surface area (Å²) >= 11 is 0. The first-order valence-corrected chi connectivity index (χ1v) is 4.40. The zero-order valence-electron chi connectivity index (χ0n) is 8.49. The highest BCUT2D eigenvalue weighted by atomic mass is 16.5. The Hall–Kier alpha value is -1.70. The summed E-state index contributed by atoms with van der Waals surface area (Å²) < 4.78 is 10.4. The van der Waals surface area contributed by atoms with Crippen molar-refractivity contribution < 1.29 is 9.47 Å². The van der Waals surface area contributed by atoms with E-state index in [4.69, 9.17) is 9.47 Å². The standard InChI is InChI=1S/C12H14O2/c1-4-6-10-7-8-11(14-5-2)12(9-10)13-3/h4-9H,2H2,1,3H3. The molecule has 2 heteroatoms. The Kier molecular flexibility index (Phi) is 3.80. The van der Waals surface area contributed by atoms with E-state index >= 15 is 0 Å². The zero-order valence-corrected chi connectivity index (χ0v) is 8.49. The quantitative estimate of drug-likeness (QED) is 0.678. The van der Waals surface area contributed by atoms with Crippen molar-refractivity contribution >= 4 is 6.08 Å². The molecule has 74 valence electrons. The molecule has 0 unspecified atom stereocenters. The van der Waals surface area contributed by atoms with Crippen LogP contribution in [-0.2, 0) is 0 Å². The molecule has 0 amide bonds. The van der Waals surface area contributed by atoms with Crippen LogP contribution in [0.4, 0.5) is 0 Å². The van der Waals surface area contributed by atoms with Crippen molar-refractivity contribution in [1.82, 2.24) is 0 Å². The predicted octanol–water partition coefficient (Wildman–Crippen LogP) is 3.25. The lowest BCUT2D eigenvalue weighted by Gasteiger charge is -2.07. The van der Waals surface area contributed by atoms with Crippen molar-refractivity contribution in [2.45, 2.75) is 6.92 Å². The van der Waals surface area contributed by atoms with Crippen molar-refractivity contribution in [1.29, 1.82) is 0 Å². The summed E-state index contributed by atoms with van der Waals surface area (Å²) in [5.41, 5.74) is 1.08. The molecule has 0 saturated heterocycles. The maximum atomic E-state index is 5.18. The van der Waals surface area contributed by atoms with Gasteiger partial charge < -0.3 is 9.47 Å². The van der Waals surface area contributed by atoms with Gasteiger partial charge in [-0.25, -0.2) is 0 Å². The van der Waals surface area contributed by atoms with Gasteiger partial charge in [-0.05, 0) is 24.6 Å². The van der Waals surface area contributed by atoms with Crippen LogP contribution in [0, 0.1) is 0 Å². The fourth-order valence-electron chi connectivity index (χ4n) is 1.17. The van der Waals surface area contributed by atoms with Crippen molar-refractivity contribution in [3.05, 3.63) is 42.7 Å². The van der Waals surface area contributed by atoms with Crippen LogP contribution in [0.5, 0.6) is 11.5 Å². The van der Waals surface area contributed by atoms with E-state index in [1.807, 2.05) is 37.3 Å². The Morgan fingerprint density at radius 3 is 2.64 bits per heavy atom. The smallest absolute Gasteiger partial charge is 0.168 e. The number of hydrogen-bond donors (Lipinski definition) is 0. The molecule has 0 spiro atoms. The minimum atomic E-state index is 0.677. The summed E-state index contributed by atoms with van der Waals surface area (Å²) in [6, 6.07) is 5.73. The summed E-state index contributed by atoms with van der Waals surface area (Å²) in [7, 11) is 1.62. The molecule has 1 aromatic rings. The van der Waals surface area contributed by atoms with E-state index in [0.29, 0.717) is 11.5 Å². The second-order valence-corrected chi connectivity index (χ2v) is 2.69. The summed E-state index contributed by atoms with van der Waals surface area (Å²) in [5, 5.41) is 0. The van der Waals surface area contributed by atoms with Crippen LogP contribution in [0.3, 0.4) is 0 Å². The molecule has 0 aliphatic heterocycles. The molecule has 14 heavy (non-hydrogen) atoms. The van der Waals surface area contributed by atoms with Gasteiger partial charge in [0.2, 0.25) is 0 Å². The number of ether oxygens (including phenoxy) is 2. The minimum absolute atomic E-state index is 0.677. The Labute approximate surface area is 84.5 Å². The van der Waals surface area contributed by atoms with Gasteiger partial charge in [-0.1, -0.05) is 24.8 Å². The lowest BCUT2D eigenvalue weighted by atomic mass is 10.2. The van der Waals surface area contributed by atoms with Crippen molar-refractivity contribution in [2.24, 2.45) is 0 Å². The third-order valence-corrected chi connectivity index (χ3v) is 1.76. The van der Waals surface area contributed by atoms with Gasteiger partial charge in [0.15, 0.2) is 11.5 Å². The van der Waals surface area contributed by atoms with Crippen LogP contribution in [0.25, 0.3) is 6.08 Å². The summed E-state index contributed by atoms with van der Waals surface area (Å²) in [4.78, 5) is 0. The maximum absolute atomic E-state index is 5.18. The van der Waals surface area contributed by atoms with Crippen molar-refractivity contribution in [3.8, 4) is 11.5 Å². The molecule has 0 atom stereocenters. The van der Waals surface area contributed by atoms with Crippen LogP contribution in [-0.4, -0.2) is 7.11 Å². The first kappa shape index (κ1) is 10.4. The Bertz CT molecular complexity index is 340. The third-order valence-electron chi connectivity index (χ3n) is 1.76. The second kappa shape index (κ2) is 5.12. The molecule has 0 radical (unpaired) electrons. The fourth-order valence-corrected chi connectivity index (χ4v) is 1.17. The van der Waals surface area contributed by atoms with Gasteiger partial charge in [0.05, 0.1) is 13.4 Å². The van der Waals surface area contributed by atoms with Crippen LogP contribution in [0.2, 0.25) is 0 Å². The van der Waals surface area contributed by atoms with E-state index in [1.165, 1.54) is 6.26 Å². The largest absolute Gasteiger partial charge is 0.493 e. The highest BCUT2D eigenvalue weighted by Gasteiger charge is 2.02. The Morgan fingerprint density at radius 2 is 2.07 bits per heavy atom. The molecule has 0 aliphatic rings. The summed E-state index contributed by atoms with van der Waals surface area (Å²) in [6.45, 7) is 5.47. The number of hydrogen-bond acceptors (Lipinski definition) is 2. The van der Waals surface area contributed by atoms with Gasteiger partial charge in [0, 0.05) is 0 Å². The maximum Gasteiger partial charge on any atom is 0.168 e. The average molecular weight is 190 g/mol. The molecular weight excluding hydrogens is 176 g/mol. The molecule has 2 nitrogen and oxygen atoms in total. The SMILES string of the molecule is C=COc1ccc(C=CC)cc1OC. The highest BCUT2D eigenvalue weighted by molar-refractivity contribution is 5.55. The van der Waals surface area contributed by atoms with Gasteiger partial charge in [-0.15, -0.1) is 0 Å². The number of allylic oxidation sites excluding steroid dienone is 1. The second-order valence-electron chi connectivity index (χ2n) is 2.69.